The lowest BCUT2D eigenvalue weighted by Crippen LogP contribution is -2.47. The van der Waals surface area contributed by atoms with Crippen LogP contribution in [0.4, 0.5) is 13.2 Å². The largest absolute Gasteiger partial charge is 0.493 e. The van der Waals surface area contributed by atoms with Crippen molar-refractivity contribution in [2.75, 3.05) is 33.5 Å². The summed E-state index contributed by atoms with van der Waals surface area (Å²) < 4.78 is 62.3. The lowest BCUT2D eigenvalue weighted by molar-refractivity contribution is -0.138. The van der Waals surface area contributed by atoms with Gasteiger partial charge in [-0.25, -0.2) is 0 Å². The SMILES string of the molecule is COc1cc(CNC(=O)C2(c3cccc(C(F)(F)F)c3)CCOCC2)ccc1OCC1CCCO1. The van der Waals surface area contributed by atoms with E-state index in [0.717, 1.165) is 37.1 Å². The zero-order valence-corrected chi connectivity index (χ0v) is 19.7. The number of nitrogens with one attached hydrogen (secondary N) is 1. The van der Waals surface area contributed by atoms with Crippen molar-refractivity contribution in [3.8, 4) is 11.5 Å². The van der Waals surface area contributed by atoms with E-state index in [9.17, 15) is 18.0 Å². The van der Waals surface area contributed by atoms with Crippen LogP contribution in [0.1, 0.15) is 42.4 Å². The molecule has 35 heavy (non-hydrogen) atoms. The van der Waals surface area contributed by atoms with E-state index in [1.54, 1.807) is 25.3 Å². The van der Waals surface area contributed by atoms with Gasteiger partial charge in [-0.15, -0.1) is 0 Å². The molecule has 2 heterocycles. The Labute approximate surface area is 202 Å². The lowest BCUT2D eigenvalue weighted by atomic mass is 9.73. The van der Waals surface area contributed by atoms with Gasteiger partial charge in [-0.3, -0.25) is 4.79 Å². The molecular formula is C26H30F3NO5. The molecule has 0 spiro atoms. The van der Waals surface area contributed by atoms with E-state index in [1.807, 2.05) is 6.07 Å². The molecule has 0 radical (unpaired) electrons. The van der Waals surface area contributed by atoms with Crippen LogP contribution < -0.4 is 14.8 Å². The average molecular weight is 494 g/mol. The molecule has 0 aliphatic carbocycles. The summed E-state index contributed by atoms with van der Waals surface area (Å²) in [7, 11) is 1.54. The van der Waals surface area contributed by atoms with E-state index in [2.05, 4.69) is 5.32 Å². The Bertz CT molecular complexity index is 1010. The van der Waals surface area contributed by atoms with E-state index in [-0.39, 0.29) is 18.6 Å². The quantitative estimate of drug-likeness (QED) is 0.581. The van der Waals surface area contributed by atoms with Crippen molar-refractivity contribution >= 4 is 5.91 Å². The molecule has 1 unspecified atom stereocenters. The van der Waals surface area contributed by atoms with Gasteiger partial charge >= 0.3 is 6.18 Å². The van der Waals surface area contributed by atoms with Gasteiger partial charge in [0, 0.05) is 26.4 Å². The highest BCUT2D eigenvalue weighted by Gasteiger charge is 2.43. The van der Waals surface area contributed by atoms with Crippen LogP contribution in [-0.2, 0) is 32.4 Å². The molecule has 2 fully saturated rings. The van der Waals surface area contributed by atoms with E-state index in [1.165, 1.54) is 6.07 Å². The first-order valence-electron chi connectivity index (χ1n) is 11.8. The molecule has 1 atom stereocenters. The molecule has 1 amide bonds. The van der Waals surface area contributed by atoms with Crippen LogP contribution in [0.25, 0.3) is 0 Å². The van der Waals surface area contributed by atoms with Crippen LogP contribution >= 0.6 is 0 Å². The van der Waals surface area contributed by atoms with Gasteiger partial charge in [0.05, 0.1) is 24.2 Å². The standard InChI is InChI=1S/C26H30F3NO5/c1-32-23-14-18(7-8-22(23)35-17-21-6-3-11-34-21)16-30-24(31)25(9-12-33-13-10-25)19-4-2-5-20(15-19)26(27,28)29/h2,4-5,7-8,14-15,21H,3,6,9-13,16-17H2,1H3,(H,30,31). The predicted molar refractivity (Wildman–Crippen MR) is 122 cm³/mol. The molecule has 2 aromatic rings. The number of hydrogen-bond acceptors (Lipinski definition) is 5. The second-order valence-electron chi connectivity index (χ2n) is 8.89. The second kappa shape index (κ2) is 10.9. The number of rotatable bonds is 8. The van der Waals surface area contributed by atoms with Gasteiger partial charge in [0.25, 0.3) is 0 Å². The third-order valence-electron chi connectivity index (χ3n) is 6.65. The number of alkyl halides is 3. The Kier molecular flexibility index (Phi) is 7.86. The number of carbonyl (C=O) groups is 1. The first-order valence-corrected chi connectivity index (χ1v) is 11.8. The zero-order chi connectivity index (χ0) is 24.9. The summed E-state index contributed by atoms with van der Waals surface area (Å²) in [5.41, 5.74) is -0.722. The summed E-state index contributed by atoms with van der Waals surface area (Å²) in [5.74, 6) is 0.800. The van der Waals surface area contributed by atoms with Crippen molar-refractivity contribution in [3.63, 3.8) is 0 Å². The van der Waals surface area contributed by atoms with E-state index >= 15 is 0 Å². The minimum absolute atomic E-state index is 0.0742. The van der Waals surface area contributed by atoms with Gasteiger partial charge in [-0.2, -0.15) is 13.2 Å². The van der Waals surface area contributed by atoms with Gasteiger partial charge in [-0.05, 0) is 55.0 Å². The number of halogens is 3. The fourth-order valence-electron chi connectivity index (χ4n) is 4.61. The molecule has 2 saturated heterocycles. The lowest BCUT2D eigenvalue weighted by Gasteiger charge is -2.36. The zero-order valence-electron chi connectivity index (χ0n) is 19.7. The van der Waals surface area contributed by atoms with E-state index in [4.69, 9.17) is 18.9 Å². The smallest absolute Gasteiger partial charge is 0.416 e. The molecule has 2 aromatic carbocycles. The summed E-state index contributed by atoms with van der Waals surface area (Å²) in [5, 5.41) is 2.92. The topological polar surface area (TPSA) is 66.0 Å². The molecule has 9 heteroatoms. The molecule has 2 aliphatic heterocycles. The number of carbonyl (C=O) groups excluding carboxylic acids is 1. The van der Waals surface area contributed by atoms with E-state index in [0.29, 0.717) is 49.7 Å². The van der Waals surface area contributed by atoms with Crippen molar-refractivity contribution in [3.05, 3.63) is 59.2 Å². The van der Waals surface area contributed by atoms with Crippen molar-refractivity contribution < 1.29 is 36.9 Å². The summed E-state index contributed by atoms with van der Waals surface area (Å²) in [6.45, 7) is 1.98. The summed E-state index contributed by atoms with van der Waals surface area (Å²) in [4.78, 5) is 13.4. The summed E-state index contributed by atoms with van der Waals surface area (Å²) in [6, 6.07) is 10.4. The maximum atomic E-state index is 13.4. The summed E-state index contributed by atoms with van der Waals surface area (Å²) in [6.07, 6.45) is -1.81. The number of hydrogen-bond donors (Lipinski definition) is 1. The monoisotopic (exact) mass is 493 g/mol. The molecule has 1 N–H and O–H groups in total. The molecule has 2 aliphatic rings. The summed E-state index contributed by atoms with van der Waals surface area (Å²) >= 11 is 0. The Morgan fingerprint density at radius 3 is 2.60 bits per heavy atom. The highest BCUT2D eigenvalue weighted by atomic mass is 19.4. The van der Waals surface area contributed by atoms with Gasteiger partial charge in [-0.1, -0.05) is 24.3 Å². The Morgan fingerprint density at radius 2 is 1.91 bits per heavy atom. The second-order valence-corrected chi connectivity index (χ2v) is 8.89. The predicted octanol–water partition coefficient (Wildman–Crippen LogP) is 4.64. The highest BCUT2D eigenvalue weighted by Crippen LogP contribution is 2.38. The number of ether oxygens (including phenoxy) is 4. The van der Waals surface area contributed by atoms with Crippen LogP contribution in [0, 0.1) is 0 Å². The first-order chi connectivity index (χ1) is 16.8. The van der Waals surface area contributed by atoms with Crippen LogP contribution in [0.15, 0.2) is 42.5 Å². The van der Waals surface area contributed by atoms with Crippen LogP contribution in [0.5, 0.6) is 11.5 Å². The molecular weight excluding hydrogens is 463 g/mol. The molecule has 6 nitrogen and oxygen atoms in total. The molecule has 190 valence electrons. The third kappa shape index (κ3) is 5.90. The number of amides is 1. The minimum atomic E-state index is -4.48. The van der Waals surface area contributed by atoms with Gasteiger partial charge in [0.2, 0.25) is 5.91 Å². The minimum Gasteiger partial charge on any atom is -0.493 e. The van der Waals surface area contributed by atoms with Crippen LogP contribution in [0.3, 0.4) is 0 Å². The van der Waals surface area contributed by atoms with Crippen molar-refractivity contribution in [2.45, 2.75) is 49.9 Å². The third-order valence-corrected chi connectivity index (χ3v) is 6.65. The Hall–Kier alpha value is -2.78. The Balaban J connectivity index is 1.47. The first kappa shape index (κ1) is 25.3. The number of benzene rings is 2. The van der Waals surface area contributed by atoms with E-state index < -0.39 is 17.2 Å². The van der Waals surface area contributed by atoms with Crippen molar-refractivity contribution in [1.82, 2.24) is 5.32 Å². The normalized spacial score (nSPS) is 19.8. The fraction of sp³-hybridized carbons (Fsp3) is 0.500. The van der Waals surface area contributed by atoms with Crippen LogP contribution in [-0.4, -0.2) is 45.5 Å². The van der Waals surface area contributed by atoms with Gasteiger partial charge < -0.3 is 24.3 Å². The van der Waals surface area contributed by atoms with Gasteiger partial charge in [0.1, 0.15) is 6.61 Å². The Morgan fingerprint density at radius 1 is 1.11 bits per heavy atom. The van der Waals surface area contributed by atoms with Crippen LogP contribution in [0.2, 0.25) is 0 Å². The number of methoxy groups -OCH3 is 1. The average Bonchev–Trinajstić information content (AvgIpc) is 3.40. The molecule has 0 saturated carbocycles. The maximum Gasteiger partial charge on any atom is 0.416 e. The van der Waals surface area contributed by atoms with Crippen molar-refractivity contribution in [2.24, 2.45) is 0 Å². The molecule has 0 bridgehead atoms. The molecule has 0 aromatic heterocycles. The van der Waals surface area contributed by atoms with Crippen molar-refractivity contribution in [1.29, 1.82) is 0 Å². The maximum absolute atomic E-state index is 13.4. The molecule has 4 rings (SSSR count). The van der Waals surface area contributed by atoms with Gasteiger partial charge in [0.15, 0.2) is 11.5 Å². The highest BCUT2D eigenvalue weighted by molar-refractivity contribution is 5.88. The fourth-order valence-corrected chi connectivity index (χ4v) is 4.61.